The van der Waals surface area contributed by atoms with E-state index >= 15 is 0 Å². The van der Waals surface area contributed by atoms with Crippen molar-refractivity contribution in [2.75, 3.05) is 7.05 Å². The summed E-state index contributed by atoms with van der Waals surface area (Å²) in [4.78, 5) is 34.9. The molecule has 0 saturated carbocycles. The van der Waals surface area contributed by atoms with Gasteiger partial charge in [-0.3, -0.25) is 14.2 Å². The maximum atomic E-state index is 13.3. The van der Waals surface area contributed by atoms with Crippen LogP contribution in [0, 0.1) is 0 Å². The maximum Gasteiger partial charge on any atom is 0.262 e. The molecule has 1 atom stereocenters. The molecule has 1 aromatic carbocycles. The number of thiophene rings is 1. The summed E-state index contributed by atoms with van der Waals surface area (Å²) in [5.74, 6) is -0.0405. The first kappa shape index (κ1) is 19.5. The van der Waals surface area contributed by atoms with Crippen LogP contribution in [0.15, 0.2) is 35.4 Å². The van der Waals surface area contributed by atoms with E-state index < -0.39 is 0 Å². The number of carbonyl (C=O) groups is 1. The van der Waals surface area contributed by atoms with Gasteiger partial charge in [0.2, 0.25) is 5.91 Å². The fourth-order valence-electron chi connectivity index (χ4n) is 5.03. The van der Waals surface area contributed by atoms with Gasteiger partial charge >= 0.3 is 0 Å². The van der Waals surface area contributed by atoms with Gasteiger partial charge in [-0.15, -0.1) is 11.3 Å². The Labute approximate surface area is 180 Å². The molecule has 5 nitrogen and oxygen atoms in total. The predicted octanol–water partition coefficient (Wildman–Crippen LogP) is 4.26. The monoisotopic (exact) mass is 421 g/mol. The van der Waals surface area contributed by atoms with Crippen molar-refractivity contribution in [3.63, 3.8) is 0 Å². The number of carbonyl (C=O) groups excluding carboxylic acids is 1. The highest BCUT2D eigenvalue weighted by molar-refractivity contribution is 7.18. The molecular weight excluding hydrogens is 394 g/mol. The second-order valence-corrected chi connectivity index (χ2v) is 9.62. The van der Waals surface area contributed by atoms with Gasteiger partial charge in [-0.05, 0) is 61.6 Å². The molecule has 0 aliphatic heterocycles. The van der Waals surface area contributed by atoms with Crippen LogP contribution in [0.2, 0.25) is 0 Å². The van der Waals surface area contributed by atoms with Crippen LogP contribution < -0.4 is 5.56 Å². The average molecular weight is 422 g/mol. The zero-order valence-corrected chi connectivity index (χ0v) is 18.2. The maximum absolute atomic E-state index is 13.3. The number of fused-ring (bicyclic) bond motifs is 4. The number of aryl methyl sites for hydroxylation is 3. The van der Waals surface area contributed by atoms with E-state index in [9.17, 15) is 9.59 Å². The summed E-state index contributed by atoms with van der Waals surface area (Å²) in [6.07, 6.45) is 10.2. The molecule has 156 valence electrons. The Balaban J connectivity index is 1.43. The van der Waals surface area contributed by atoms with Crippen molar-refractivity contribution in [2.45, 2.75) is 64.0 Å². The molecular formula is C24H27N3O2S. The fourth-order valence-corrected chi connectivity index (χ4v) is 6.25. The molecule has 5 rings (SSSR count). The Kier molecular flexibility index (Phi) is 5.19. The van der Waals surface area contributed by atoms with Crippen molar-refractivity contribution in [3.8, 4) is 0 Å². The molecule has 0 N–H and O–H groups in total. The lowest BCUT2D eigenvalue weighted by molar-refractivity contribution is -0.133. The Hall–Kier alpha value is -2.47. The molecule has 0 spiro atoms. The average Bonchev–Trinajstić information content (AvgIpc) is 2.97. The minimum Gasteiger partial charge on any atom is -0.337 e. The zero-order chi connectivity index (χ0) is 20.7. The standard InChI is InChI=1S/C24H27N3O2S/c1-26(19-12-7-9-16-8-5-6-10-17(16)19)21(28)14-27-15-25-23-22(24(27)29)18-11-3-2-4-13-20(18)30-23/h5-6,8,10,15,19H,2-4,7,9,11-14H2,1H3. The van der Waals surface area contributed by atoms with Crippen LogP contribution in [0.25, 0.3) is 10.2 Å². The number of rotatable bonds is 3. The van der Waals surface area contributed by atoms with E-state index in [1.807, 2.05) is 18.0 Å². The minimum atomic E-state index is -0.0646. The van der Waals surface area contributed by atoms with Gasteiger partial charge in [-0.2, -0.15) is 0 Å². The van der Waals surface area contributed by atoms with Crippen molar-refractivity contribution in [1.82, 2.24) is 14.5 Å². The molecule has 1 unspecified atom stereocenters. The molecule has 0 fully saturated rings. The quantitative estimate of drug-likeness (QED) is 0.594. The Morgan fingerprint density at radius 1 is 1.17 bits per heavy atom. The lowest BCUT2D eigenvalue weighted by Crippen LogP contribution is -2.37. The zero-order valence-electron chi connectivity index (χ0n) is 17.4. The summed E-state index contributed by atoms with van der Waals surface area (Å²) in [6, 6.07) is 8.47. The van der Waals surface area contributed by atoms with E-state index in [-0.39, 0.29) is 24.1 Å². The summed E-state index contributed by atoms with van der Waals surface area (Å²) in [7, 11) is 1.86. The van der Waals surface area contributed by atoms with Gasteiger partial charge in [0.15, 0.2) is 0 Å². The highest BCUT2D eigenvalue weighted by atomic mass is 32.1. The van der Waals surface area contributed by atoms with Gasteiger partial charge in [0, 0.05) is 11.9 Å². The lowest BCUT2D eigenvalue weighted by atomic mass is 9.87. The molecule has 30 heavy (non-hydrogen) atoms. The van der Waals surface area contributed by atoms with Crippen LogP contribution in [-0.2, 0) is 30.6 Å². The minimum absolute atomic E-state index is 0.0405. The summed E-state index contributed by atoms with van der Waals surface area (Å²) < 4.78 is 1.51. The normalized spacial score (nSPS) is 18.5. The summed E-state index contributed by atoms with van der Waals surface area (Å²) >= 11 is 1.66. The van der Waals surface area contributed by atoms with Crippen molar-refractivity contribution < 1.29 is 4.79 Å². The first-order valence-corrected chi connectivity index (χ1v) is 11.8. The topological polar surface area (TPSA) is 55.2 Å². The summed E-state index contributed by atoms with van der Waals surface area (Å²) in [5.41, 5.74) is 3.69. The van der Waals surface area contributed by atoms with Crippen LogP contribution in [0.3, 0.4) is 0 Å². The van der Waals surface area contributed by atoms with E-state index in [1.54, 1.807) is 17.7 Å². The molecule has 2 aliphatic carbocycles. The van der Waals surface area contributed by atoms with Gasteiger partial charge in [0.1, 0.15) is 11.4 Å². The van der Waals surface area contributed by atoms with E-state index in [0.717, 1.165) is 48.7 Å². The fraction of sp³-hybridized carbons (Fsp3) is 0.458. The highest BCUT2D eigenvalue weighted by Gasteiger charge is 2.27. The van der Waals surface area contributed by atoms with Crippen LogP contribution in [0.4, 0.5) is 0 Å². The van der Waals surface area contributed by atoms with Crippen LogP contribution in [0.1, 0.15) is 59.7 Å². The van der Waals surface area contributed by atoms with Gasteiger partial charge < -0.3 is 4.90 Å². The highest BCUT2D eigenvalue weighted by Crippen LogP contribution is 2.34. The van der Waals surface area contributed by atoms with Crippen LogP contribution >= 0.6 is 11.3 Å². The molecule has 0 saturated heterocycles. The number of benzene rings is 1. The van der Waals surface area contributed by atoms with Gasteiger partial charge in [-0.1, -0.05) is 30.7 Å². The number of nitrogens with zero attached hydrogens (tertiary/aromatic N) is 3. The SMILES string of the molecule is CN(C(=O)Cn1cnc2sc3c(c2c1=O)CCCCC3)C1CCCc2ccccc21. The molecule has 0 bridgehead atoms. The number of aromatic nitrogens is 2. The number of amides is 1. The first-order valence-electron chi connectivity index (χ1n) is 11.0. The van der Waals surface area contributed by atoms with Gasteiger partial charge in [-0.25, -0.2) is 4.98 Å². The smallest absolute Gasteiger partial charge is 0.262 e. The molecule has 2 aromatic heterocycles. The molecule has 1 amide bonds. The predicted molar refractivity (Wildman–Crippen MR) is 120 cm³/mol. The second kappa shape index (κ2) is 7.99. The van der Waals surface area contributed by atoms with Gasteiger partial charge in [0.05, 0.1) is 17.8 Å². The van der Waals surface area contributed by atoms with E-state index in [1.165, 1.54) is 39.0 Å². The number of hydrogen-bond acceptors (Lipinski definition) is 4. The van der Waals surface area contributed by atoms with Crippen molar-refractivity contribution in [1.29, 1.82) is 0 Å². The van der Waals surface area contributed by atoms with Gasteiger partial charge in [0.25, 0.3) is 5.56 Å². The first-order chi connectivity index (χ1) is 14.6. The Morgan fingerprint density at radius 2 is 2.00 bits per heavy atom. The van der Waals surface area contributed by atoms with E-state index in [0.29, 0.717) is 0 Å². The summed E-state index contributed by atoms with van der Waals surface area (Å²) in [5, 5.41) is 0.748. The van der Waals surface area contributed by atoms with Crippen molar-refractivity contribution >= 4 is 27.5 Å². The molecule has 2 heterocycles. The number of likely N-dealkylation sites (N-methyl/N-ethyl adjacent to an activating group) is 1. The second-order valence-electron chi connectivity index (χ2n) is 8.53. The van der Waals surface area contributed by atoms with E-state index in [4.69, 9.17) is 0 Å². The largest absolute Gasteiger partial charge is 0.337 e. The van der Waals surface area contributed by atoms with Crippen LogP contribution in [0.5, 0.6) is 0 Å². The third-order valence-corrected chi connectivity index (χ3v) is 7.90. The summed E-state index contributed by atoms with van der Waals surface area (Å²) in [6.45, 7) is 0.0432. The molecule has 0 radical (unpaired) electrons. The molecule has 6 heteroatoms. The third-order valence-electron chi connectivity index (χ3n) is 6.70. The van der Waals surface area contributed by atoms with E-state index in [2.05, 4.69) is 23.2 Å². The third kappa shape index (κ3) is 3.37. The Morgan fingerprint density at radius 3 is 2.90 bits per heavy atom. The van der Waals surface area contributed by atoms with Crippen molar-refractivity contribution in [2.24, 2.45) is 0 Å². The number of hydrogen-bond donors (Lipinski definition) is 0. The molecule has 2 aliphatic rings. The Bertz CT molecular complexity index is 1160. The lowest BCUT2D eigenvalue weighted by Gasteiger charge is -2.33. The van der Waals surface area contributed by atoms with Crippen LogP contribution in [-0.4, -0.2) is 27.4 Å². The van der Waals surface area contributed by atoms with Crippen molar-refractivity contribution in [3.05, 3.63) is 62.5 Å². The molecule has 3 aromatic rings.